The van der Waals surface area contributed by atoms with Gasteiger partial charge in [0, 0.05) is 19.6 Å². The summed E-state index contributed by atoms with van der Waals surface area (Å²) in [6, 6.07) is -0.0283. The first kappa shape index (κ1) is 14.4. The molecule has 2 unspecified atom stereocenters. The highest BCUT2D eigenvalue weighted by Crippen LogP contribution is 2.12. The fraction of sp³-hybridized carbons (Fsp3) is 0.909. The van der Waals surface area contributed by atoms with E-state index < -0.39 is 0 Å². The Labute approximate surface area is 93.4 Å². The van der Waals surface area contributed by atoms with Crippen molar-refractivity contribution in [2.75, 3.05) is 27.2 Å². The Morgan fingerprint density at radius 3 is 2.40 bits per heavy atom. The summed E-state index contributed by atoms with van der Waals surface area (Å²) in [6.07, 6.45) is 1.06. The summed E-state index contributed by atoms with van der Waals surface area (Å²) >= 11 is 0. The van der Waals surface area contributed by atoms with Gasteiger partial charge in [0.2, 0.25) is 5.91 Å². The highest BCUT2D eigenvalue weighted by atomic mass is 16.2. The molecule has 0 aliphatic carbocycles. The lowest BCUT2D eigenvalue weighted by Crippen LogP contribution is -2.46. The van der Waals surface area contributed by atoms with E-state index in [0.717, 1.165) is 19.5 Å². The van der Waals surface area contributed by atoms with Crippen LogP contribution in [0.5, 0.6) is 0 Å². The lowest BCUT2D eigenvalue weighted by Gasteiger charge is -2.25. The summed E-state index contributed by atoms with van der Waals surface area (Å²) in [5, 5.41) is 0. The number of hydrogen-bond donors (Lipinski definition) is 1. The van der Waals surface area contributed by atoms with Crippen molar-refractivity contribution < 1.29 is 4.79 Å². The molecule has 0 aromatic rings. The molecule has 1 amide bonds. The third-order valence-electron chi connectivity index (χ3n) is 2.65. The molecule has 2 atom stereocenters. The molecule has 1 fully saturated rings. The van der Waals surface area contributed by atoms with Crippen LogP contribution in [-0.2, 0) is 4.79 Å². The number of rotatable bonds is 2. The average Bonchev–Trinajstić information content (AvgIpc) is 2.65. The average molecular weight is 215 g/mol. The predicted molar refractivity (Wildman–Crippen MR) is 63.7 cm³/mol. The van der Waals surface area contributed by atoms with Crippen LogP contribution in [0.4, 0.5) is 0 Å². The second-order valence-electron chi connectivity index (χ2n) is 3.94. The Balaban J connectivity index is 0.000000921. The molecule has 0 bridgehead atoms. The van der Waals surface area contributed by atoms with Crippen molar-refractivity contribution in [3.63, 3.8) is 0 Å². The van der Waals surface area contributed by atoms with Crippen LogP contribution in [0.25, 0.3) is 0 Å². The second kappa shape index (κ2) is 6.80. The first-order chi connectivity index (χ1) is 7.02. The zero-order valence-electron chi connectivity index (χ0n) is 10.7. The van der Waals surface area contributed by atoms with E-state index >= 15 is 0 Å². The minimum atomic E-state index is -0.379. The topological polar surface area (TPSA) is 49.6 Å². The first-order valence-corrected chi connectivity index (χ1v) is 5.73. The number of nitrogens with two attached hydrogens (primary N) is 1. The zero-order valence-corrected chi connectivity index (χ0v) is 10.7. The molecule has 0 aromatic carbocycles. The van der Waals surface area contributed by atoms with E-state index in [1.807, 2.05) is 20.9 Å². The molecule has 0 aromatic heterocycles. The van der Waals surface area contributed by atoms with Crippen molar-refractivity contribution in [2.24, 2.45) is 5.73 Å². The number of amides is 1. The third-order valence-corrected chi connectivity index (χ3v) is 2.65. The summed E-state index contributed by atoms with van der Waals surface area (Å²) in [5.41, 5.74) is 5.53. The second-order valence-corrected chi connectivity index (χ2v) is 3.94. The van der Waals surface area contributed by atoms with E-state index in [4.69, 9.17) is 5.73 Å². The number of carbonyl (C=O) groups is 1. The monoisotopic (exact) mass is 215 g/mol. The number of hydrogen-bond acceptors (Lipinski definition) is 3. The highest BCUT2D eigenvalue weighted by molar-refractivity contribution is 5.81. The minimum absolute atomic E-state index is 0.0419. The van der Waals surface area contributed by atoms with Gasteiger partial charge in [0.05, 0.1) is 6.04 Å². The summed E-state index contributed by atoms with van der Waals surface area (Å²) in [4.78, 5) is 15.5. The lowest BCUT2D eigenvalue weighted by molar-refractivity contribution is -0.132. The van der Waals surface area contributed by atoms with Gasteiger partial charge in [-0.1, -0.05) is 13.8 Å². The maximum Gasteiger partial charge on any atom is 0.239 e. The molecule has 0 radical (unpaired) electrons. The molecule has 4 heteroatoms. The van der Waals surface area contributed by atoms with Crippen LogP contribution < -0.4 is 5.73 Å². The number of nitrogens with zero attached hydrogens (tertiary/aromatic N) is 2. The zero-order chi connectivity index (χ0) is 12.0. The van der Waals surface area contributed by atoms with Crippen molar-refractivity contribution in [2.45, 2.75) is 39.3 Å². The van der Waals surface area contributed by atoms with E-state index in [9.17, 15) is 4.79 Å². The summed E-state index contributed by atoms with van der Waals surface area (Å²) in [7, 11) is 3.92. The van der Waals surface area contributed by atoms with Gasteiger partial charge in [0.1, 0.15) is 0 Å². The van der Waals surface area contributed by atoms with Gasteiger partial charge in [-0.05, 0) is 26.9 Å². The van der Waals surface area contributed by atoms with Gasteiger partial charge in [-0.15, -0.1) is 0 Å². The molecule has 90 valence electrons. The van der Waals surface area contributed by atoms with Crippen molar-refractivity contribution >= 4 is 5.91 Å². The van der Waals surface area contributed by atoms with Crippen LogP contribution in [0.3, 0.4) is 0 Å². The number of carbonyl (C=O) groups excluding carboxylic acids is 1. The summed E-state index contributed by atoms with van der Waals surface area (Å²) in [5.74, 6) is 0.0419. The first-order valence-electron chi connectivity index (χ1n) is 5.73. The largest absolute Gasteiger partial charge is 0.340 e. The molecule has 1 aliphatic heterocycles. The third kappa shape index (κ3) is 4.18. The van der Waals surface area contributed by atoms with Crippen LogP contribution in [-0.4, -0.2) is 55.0 Å². The highest BCUT2D eigenvalue weighted by Gasteiger charge is 2.27. The van der Waals surface area contributed by atoms with Gasteiger partial charge in [-0.3, -0.25) is 4.79 Å². The molecule has 1 saturated heterocycles. The van der Waals surface area contributed by atoms with Crippen LogP contribution in [0.2, 0.25) is 0 Å². The minimum Gasteiger partial charge on any atom is -0.340 e. The van der Waals surface area contributed by atoms with Crippen molar-refractivity contribution in [1.29, 1.82) is 0 Å². The normalized spacial score (nSPS) is 22.9. The van der Waals surface area contributed by atoms with Gasteiger partial charge >= 0.3 is 0 Å². The van der Waals surface area contributed by atoms with Gasteiger partial charge < -0.3 is 15.5 Å². The Hall–Kier alpha value is -0.610. The van der Waals surface area contributed by atoms with Gasteiger partial charge in [-0.25, -0.2) is 0 Å². The fourth-order valence-corrected chi connectivity index (χ4v) is 1.73. The van der Waals surface area contributed by atoms with Gasteiger partial charge in [-0.2, -0.15) is 0 Å². The molecule has 4 nitrogen and oxygen atoms in total. The molecule has 2 N–H and O–H groups in total. The molecular weight excluding hydrogens is 190 g/mol. The molecule has 1 heterocycles. The quantitative estimate of drug-likeness (QED) is 0.730. The SMILES string of the molecule is CC.CC(N)C(=O)N(C)C1CCN(C)C1. The van der Waals surface area contributed by atoms with Crippen LogP contribution in [0.1, 0.15) is 27.2 Å². The maximum atomic E-state index is 11.5. The van der Waals surface area contributed by atoms with Crippen molar-refractivity contribution in [1.82, 2.24) is 9.80 Å². The standard InChI is InChI=1S/C9H19N3O.C2H6/c1-7(10)9(13)12(3)8-4-5-11(2)6-8;1-2/h7-8H,4-6,10H2,1-3H3;1-2H3. The van der Waals surface area contributed by atoms with Gasteiger partial charge in [0.15, 0.2) is 0 Å². The van der Waals surface area contributed by atoms with E-state index in [1.165, 1.54) is 0 Å². The van der Waals surface area contributed by atoms with E-state index in [-0.39, 0.29) is 11.9 Å². The molecular formula is C11H25N3O. The molecule has 1 aliphatic rings. The van der Waals surface area contributed by atoms with Gasteiger partial charge in [0.25, 0.3) is 0 Å². The number of likely N-dealkylation sites (N-methyl/N-ethyl adjacent to an activating group) is 2. The van der Waals surface area contributed by atoms with E-state index in [2.05, 4.69) is 11.9 Å². The fourth-order valence-electron chi connectivity index (χ4n) is 1.73. The maximum absolute atomic E-state index is 11.5. The molecule has 0 saturated carbocycles. The van der Waals surface area contributed by atoms with Crippen molar-refractivity contribution in [3.05, 3.63) is 0 Å². The Morgan fingerprint density at radius 2 is 2.07 bits per heavy atom. The Morgan fingerprint density at radius 1 is 1.53 bits per heavy atom. The Bertz CT molecular complexity index is 194. The van der Waals surface area contributed by atoms with Crippen LogP contribution in [0, 0.1) is 0 Å². The van der Waals surface area contributed by atoms with E-state index in [0.29, 0.717) is 6.04 Å². The number of likely N-dealkylation sites (tertiary alicyclic amines) is 1. The van der Waals surface area contributed by atoms with Crippen LogP contribution >= 0.6 is 0 Å². The van der Waals surface area contributed by atoms with Crippen LogP contribution in [0.15, 0.2) is 0 Å². The van der Waals surface area contributed by atoms with Crippen molar-refractivity contribution in [3.8, 4) is 0 Å². The Kier molecular flexibility index (Phi) is 6.52. The molecule has 15 heavy (non-hydrogen) atoms. The van der Waals surface area contributed by atoms with E-state index in [1.54, 1.807) is 11.8 Å². The summed E-state index contributed by atoms with van der Waals surface area (Å²) in [6.45, 7) is 7.77. The summed E-state index contributed by atoms with van der Waals surface area (Å²) < 4.78 is 0. The molecule has 0 spiro atoms. The smallest absolute Gasteiger partial charge is 0.239 e. The molecule has 1 rings (SSSR count). The lowest BCUT2D eigenvalue weighted by atomic mass is 10.2. The predicted octanol–water partition coefficient (Wildman–Crippen LogP) is 0.522.